The Hall–Kier alpha value is -1.65. The lowest BCUT2D eigenvalue weighted by Gasteiger charge is -2.13. The highest BCUT2D eigenvalue weighted by molar-refractivity contribution is 5.79. The molecule has 15 heavy (non-hydrogen) atoms. The van der Waals surface area contributed by atoms with Crippen molar-refractivity contribution in [2.75, 3.05) is 7.11 Å². The largest absolute Gasteiger partial charge is 0.494 e. The second kappa shape index (κ2) is 3.49. The molecule has 1 N–H and O–H groups in total. The number of nitrogens with zero attached hydrogens (tertiary/aromatic N) is 3. The van der Waals surface area contributed by atoms with Crippen molar-refractivity contribution in [1.29, 1.82) is 0 Å². The predicted octanol–water partition coefficient (Wildman–Crippen LogP) is 1.79. The van der Waals surface area contributed by atoms with Gasteiger partial charge in [-0.1, -0.05) is 13.8 Å². The van der Waals surface area contributed by atoms with Gasteiger partial charge in [-0.2, -0.15) is 10.3 Å². The second-order valence-corrected chi connectivity index (χ2v) is 3.79. The minimum Gasteiger partial charge on any atom is -0.494 e. The molecule has 0 aliphatic heterocycles. The fraction of sp³-hybridized carbons (Fsp3) is 0.500. The van der Waals surface area contributed by atoms with Gasteiger partial charge in [-0.25, -0.2) is 4.98 Å². The molecule has 0 atom stereocenters. The van der Waals surface area contributed by atoms with Crippen molar-refractivity contribution < 1.29 is 4.74 Å². The maximum absolute atomic E-state index is 5.40. The van der Waals surface area contributed by atoms with E-state index in [0.29, 0.717) is 17.1 Å². The quantitative estimate of drug-likeness (QED) is 0.813. The molecule has 80 valence electrons. The molecule has 0 saturated heterocycles. The molecule has 0 amide bonds. The first-order valence-electron chi connectivity index (χ1n) is 4.90. The molecule has 0 radical (unpaired) electrons. The molecule has 2 aromatic heterocycles. The van der Waals surface area contributed by atoms with Crippen LogP contribution in [0.1, 0.15) is 31.0 Å². The van der Waals surface area contributed by atoms with E-state index in [4.69, 9.17) is 4.74 Å². The predicted molar refractivity (Wildman–Crippen MR) is 57.1 cm³/mol. The van der Waals surface area contributed by atoms with E-state index in [-0.39, 0.29) is 0 Å². The first-order chi connectivity index (χ1) is 7.15. The third-order valence-corrected chi connectivity index (χ3v) is 2.43. The van der Waals surface area contributed by atoms with Crippen molar-refractivity contribution in [3.8, 4) is 5.75 Å². The molecule has 5 nitrogen and oxygen atoms in total. The van der Waals surface area contributed by atoms with Crippen molar-refractivity contribution >= 4 is 11.2 Å². The number of methoxy groups -OCH3 is 1. The van der Waals surface area contributed by atoms with E-state index in [1.807, 2.05) is 6.92 Å². The number of ether oxygens (including phenoxy) is 1. The Bertz CT molecular complexity index is 489. The highest BCUT2D eigenvalue weighted by Crippen LogP contribution is 2.33. The van der Waals surface area contributed by atoms with Gasteiger partial charge in [0.1, 0.15) is 0 Å². The van der Waals surface area contributed by atoms with Gasteiger partial charge in [0.15, 0.2) is 11.3 Å². The van der Waals surface area contributed by atoms with Gasteiger partial charge in [0.2, 0.25) is 5.65 Å². The zero-order valence-electron chi connectivity index (χ0n) is 9.33. The number of nitrogens with one attached hydrogen (secondary N) is 1. The van der Waals surface area contributed by atoms with Crippen LogP contribution in [0.25, 0.3) is 11.2 Å². The van der Waals surface area contributed by atoms with Gasteiger partial charge in [0, 0.05) is 11.3 Å². The molecule has 0 saturated carbocycles. The molecular weight excluding hydrogens is 192 g/mol. The number of hydrogen-bond acceptors (Lipinski definition) is 4. The number of rotatable bonds is 2. The van der Waals surface area contributed by atoms with Crippen LogP contribution in [-0.4, -0.2) is 27.5 Å². The third-order valence-electron chi connectivity index (χ3n) is 2.43. The fourth-order valence-electron chi connectivity index (χ4n) is 1.85. The van der Waals surface area contributed by atoms with Crippen LogP contribution in [0, 0.1) is 6.92 Å². The number of H-pyrrole nitrogens is 1. The standard InChI is InChI=1S/C10H14N4O/c1-5(2)7-6(3)11-10-8(9(7)15-4)12-14-13-10/h5H,1-4H3,(H,11,12,13,14). The Balaban J connectivity index is 2.82. The van der Waals surface area contributed by atoms with Gasteiger partial charge in [-0.05, 0) is 12.8 Å². The summed E-state index contributed by atoms with van der Waals surface area (Å²) in [5, 5.41) is 10.6. The molecule has 2 rings (SSSR count). The minimum absolute atomic E-state index is 0.355. The van der Waals surface area contributed by atoms with E-state index < -0.39 is 0 Å². The number of aromatic amines is 1. The topological polar surface area (TPSA) is 63.7 Å². The SMILES string of the molecule is COc1c(C(C)C)c(C)nc2n[nH]nc12. The zero-order chi connectivity index (χ0) is 11.0. The Morgan fingerprint density at radius 2 is 2.00 bits per heavy atom. The van der Waals surface area contributed by atoms with Gasteiger partial charge in [0.05, 0.1) is 7.11 Å². The third kappa shape index (κ3) is 1.44. The molecule has 0 spiro atoms. The van der Waals surface area contributed by atoms with Crippen LogP contribution < -0.4 is 4.74 Å². The van der Waals surface area contributed by atoms with Crippen molar-refractivity contribution in [2.45, 2.75) is 26.7 Å². The lowest BCUT2D eigenvalue weighted by atomic mass is 10.0. The van der Waals surface area contributed by atoms with Crippen LogP contribution in [0.15, 0.2) is 0 Å². The van der Waals surface area contributed by atoms with Crippen molar-refractivity contribution in [3.05, 3.63) is 11.3 Å². The molecule has 2 aromatic rings. The normalized spacial score (nSPS) is 11.3. The summed E-state index contributed by atoms with van der Waals surface area (Å²) in [7, 11) is 1.65. The minimum atomic E-state index is 0.355. The van der Waals surface area contributed by atoms with Crippen LogP contribution in [0.3, 0.4) is 0 Å². The first-order valence-corrected chi connectivity index (χ1v) is 4.90. The fourth-order valence-corrected chi connectivity index (χ4v) is 1.85. The van der Waals surface area contributed by atoms with Crippen LogP contribution in [0.2, 0.25) is 0 Å². The average molecular weight is 206 g/mol. The number of aromatic nitrogens is 4. The molecular formula is C10H14N4O. The number of pyridine rings is 1. The average Bonchev–Trinajstić information content (AvgIpc) is 2.62. The molecule has 0 aromatic carbocycles. The molecule has 0 fully saturated rings. The van der Waals surface area contributed by atoms with E-state index in [1.54, 1.807) is 7.11 Å². The smallest absolute Gasteiger partial charge is 0.205 e. The lowest BCUT2D eigenvalue weighted by Crippen LogP contribution is -2.01. The van der Waals surface area contributed by atoms with Crippen LogP contribution in [-0.2, 0) is 0 Å². The van der Waals surface area contributed by atoms with Crippen LogP contribution >= 0.6 is 0 Å². The summed E-state index contributed by atoms with van der Waals surface area (Å²) in [5.41, 5.74) is 3.35. The Kier molecular flexibility index (Phi) is 2.30. The molecule has 0 bridgehead atoms. The van der Waals surface area contributed by atoms with Gasteiger partial charge in [-0.3, -0.25) is 0 Å². The monoisotopic (exact) mass is 206 g/mol. The summed E-state index contributed by atoms with van der Waals surface area (Å²) < 4.78 is 5.40. The summed E-state index contributed by atoms with van der Waals surface area (Å²) in [5.74, 6) is 1.13. The molecule has 0 unspecified atom stereocenters. The summed E-state index contributed by atoms with van der Waals surface area (Å²) >= 11 is 0. The first kappa shape index (κ1) is 9.89. The van der Waals surface area contributed by atoms with Crippen molar-refractivity contribution in [2.24, 2.45) is 0 Å². The molecule has 0 aliphatic rings. The second-order valence-electron chi connectivity index (χ2n) is 3.79. The van der Waals surface area contributed by atoms with E-state index in [1.165, 1.54) is 0 Å². The Morgan fingerprint density at radius 1 is 1.27 bits per heavy atom. The van der Waals surface area contributed by atoms with Crippen molar-refractivity contribution in [1.82, 2.24) is 20.4 Å². The van der Waals surface area contributed by atoms with Gasteiger partial charge in [-0.15, -0.1) is 5.10 Å². The summed E-state index contributed by atoms with van der Waals surface area (Å²) in [6.07, 6.45) is 0. The van der Waals surface area contributed by atoms with E-state index in [9.17, 15) is 0 Å². The van der Waals surface area contributed by atoms with E-state index in [2.05, 4.69) is 34.2 Å². The van der Waals surface area contributed by atoms with E-state index >= 15 is 0 Å². The maximum atomic E-state index is 5.40. The van der Waals surface area contributed by atoms with E-state index in [0.717, 1.165) is 17.0 Å². The van der Waals surface area contributed by atoms with Gasteiger partial charge >= 0.3 is 0 Å². The van der Waals surface area contributed by atoms with Crippen molar-refractivity contribution in [3.63, 3.8) is 0 Å². The Morgan fingerprint density at radius 3 is 2.60 bits per heavy atom. The number of aryl methyl sites for hydroxylation is 1. The summed E-state index contributed by atoms with van der Waals surface area (Å²) in [6, 6.07) is 0. The Labute approximate surface area is 87.9 Å². The number of hydrogen-bond donors (Lipinski definition) is 1. The highest BCUT2D eigenvalue weighted by atomic mass is 16.5. The zero-order valence-corrected chi connectivity index (χ0v) is 9.33. The number of fused-ring (bicyclic) bond motifs is 1. The summed E-state index contributed by atoms with van der Waals surface area (Å²) in [6.45, 7) is 6.18. The molecule has 2 heterocycles. The van der Waals surface area contributed by atoms with Crippen LogP contribution in [0.5, 0.6) is 5.75 Å². The van der Waals surface area contributed by atoms with Gasteiger partial charge < -0.3 is 4.74 Å². The highest BCUT2D eigenvalue weighted by Gasteiger charge is 2.18. The molecule has 0 aliphatic carbocycles. The summed E-state index contributed by atoms with van der Waals surface area (Å²) in [4.78, 5) is 4.38. The van der Waals surface area contributed by atoms with Crippen LogP contribution in [0.4, 0.5) is 0 Å². The van der Waals surface area contributed by atoms with Gasteiger partial charge in [0.25, 0.3) is 0 Å². The lowest BCUT2D eigenvalue weighted by molar-refractivity contribution is 0.410. The molecule has 5 heteroatoms. The maximum Gasteiger partial charge on any atom is 0.205 e.